The molecule has 0 saturated carbocycles. The Hall–Kier alpha value is -1.59. The Bertz CT molecular complexity index is 487. The zero-order chi connectivity index (χ0) is 13.0. The number of hydrogen-bond donors (Lipinski definition) is 2. The smallest absolute Gasteiger partial charge is 0.152 e. The number of hydrogen-bond acceptors (Lipinski definition) is 4. The first-order valence-corrected chi connectivity index (χ1v) is 6.11. The minimum absolute atomic E-state index is 0.791. The normalized spacial score (nSPS) is 11.3. The number of likely N-dealkylation sites (N-methyl/N-ethyl adjacent to an activating group) is 1. The van der Waals surface area contributed by atoms with Crippen LogP contribution in [-0.4, -0.2) is 42.3 Å². The Balaban J connectivity index is 1.96. The van der Waals surface area contributed by atoms with Crippen molar-refractivity contribution in [3.05, 3.63) is 29.7 Å². The van der Waals surface area contributed by atoms with Crippen LogP contribution in [0.2, 0.25) is 0 Å². The van der Waals surface area contributed by atoms with Crippen LogP contribution < -0.4 is 5.32 Å². The van der Waals surface area contributed by atoms with Gasteiger partial charge in [0.15, 0.2) is 5.76 Å². The topological polar surface area (TPSA) is 57.1 Å². The molecule has 2 rings (SSSR count). The zero-order valence-corrected chi connectivity index (χ0v) is 11.2. The third-order valence-corrected chi connectivity index (χ3v) is 2.76. The SMILES string of the molecule is Cc1ccc(-c2[nH]ncc2CNCCN(C)C)o1. The lowest BCUT2D eigenvalue weighted by molar-refractivity contribution is 0.400. The van der Waals surface area contributed by atoms with Gasteiger partial charge in [-0.3, -0.25) is 5.10 Å². The molecule has 2 heterocycles. The lowest BCUT2D eigenvalue weighted by atomic mass is 10.2. The number of nitrogens with one attached hydrogen (secondary N) is 2. The minimum atomic E-state index is 0.791. The van der Waals surface area contributed by atoms with Crippen LogP contribution in [0.1, 0.15) is 11.3 Å². The highest BCUT2D eigenvalue weighted by Gasteiger charge is 2.10. The van der Waals surface area contributed by atoms with E-state index in [9.17, 15) is 0 Å². The predicted octanol–water partition coefficient (Wildman–Crippen LogP) is 1.63. The van der Waals surface area contributed by atoms with E-state index in [0.29, 0.717) is 0 Å². The fraction of sp³-hybridized carbons (Fsp3) is 0.462. The fourth-order valence-corrected chi connectivity index (χ4v) is 1.75. The second-order valence-electron chi connectivity index (χ2n) is 4.66. The molecule has 18 heavy (non-hydrogen) atoms. The molecule has 2 aromatic heterocycles. The van der Waals surface area contributed by atoms with Crippen LogP contribution >= 0.6 is 0 Å². The summed E-state index contributed by atoms with van der Waals surface area (Å²) in [5.41, 5.74) is 2.09. The standard InChI is InChI=1S/C13H20N4O/c1-10-4-5-12(18-10)13-11(9-15-16-13)8-14-6-7-17(2)3/h4-5,9,14H,6-8H2,1-3H3,(H,15,16). The Kier molecular flexibility index (Phi) is 4.17. The van der Waals surface area contributed by atoms with Crippen LogP contribution in [0, 0.1) is 6.92 Å². The van der Waals surface area contributed by atoms with E-state index in [0.717, 1.165) is 42.4 Å². The third-order valence-electron chi connectivity index (χ3n) is 2.76. The molecule has 0 aromatic carbocycles. The van der Waals surface area contributed by atoms with E-state index in [2.05, 4.69) is 34.5 Å². The van der Waals surface area contributed by atoms with Gasteiger partial charge in [0.1, 0.15) is 11.5 Å². The maximum atomic E-state index is 5.61. The van der Waals surface area contributed by atoms with Crippen LogP contribution in [-0.2, 0) is 6.54 Å². The Labute approximate surface area is 107 Å². The van der Waals surface area contributed by atoms with E-state index in [1.54, 1.807) is 0 Å². The summed E-state index contributed by atoms with van der Waals surface area (Å²) in [6, 6.07) is 3.92. The number of rotatable bonds is 6. The van der Waals surface area contributed by atoms with Crippen molar-refractivity contribution in [3.63, 3.8) is 0 Å². The molecule has 2 N–H and O–H groups in total. The van der Waals surface area contributed by atoms with Gasteiger partial charge in [0.2, 0.25) is 0 Å². The van der Waals surface area contributed by atoms with Crippen LogP contribution in [0.25, 0.3) is 11.5 Å². The van der Waals surface area contributed by atoms with E-state index in [1.807, 2.05) is 25.3 Å². The summed E-state index contributed by atoms with van der Waals surface area (Å²) in [6.45, 7) is 4.70. The van der Waals surface area contributed by atoms with Crippen molar-refractivity contribution in [2.24, 2.45) is 0 Å². The quantitative estimate of drug-likeness (QED) is 0.763. The fourth-order valence-electron chi connectivity index (χ4n) is 1.75. The van der Waals surface area contributed by atoms with Gasteiger partial charge < -0.3 is 14.6 Å². The summed E-state index contributed by atoms with van der Waals surface area (Å²) in [4.78, 5) is 2.15. The molecule has 0 spiro atoms. The van der Waals surface area contributed by atoms with Crippen molar-refractivity contribution in [2.75, 3.05) is 27.2 Å². The van der Waals surface area contributed by atoms with Crippen LogP contribution in [0.4, 0.5) is 0 Å². The van der Waals surface area contributed by atoms with E-state index in [1.165, 1.54) is 0 Å². The van der Waals surface area contributed by atoms with Gasteiger partial charge in [-0.05, 0) is 33.2 Å². The Morgan fingerprint density at radius 2 is 2.22 bits per heavy atom. The molecule has 0 atom stereocenters. The molecule has 0 aliphatic rings. The molecule has 0 fully saturated rings. The second-order valence-corrected chi connectivity index (χ2v) is 4.66. The van der Waals surface area contributed by atoms with Crippen LogP contribution in [0.5, 0.6) is 0 Å². The summed E-state index contributed by atoms with van der Waals surface area (Å²) in [5.74, 6) is 1.75. The lowest BCUT2D eigenvalue weighted by Gasteiger charge is -2.10. The molecule has 0 bridgehead atoms. The first-order chi connectivity index (χ1) is 8.66. The number of nitrogens with zero attached hydrogens (tertiary/aromatic N) is 2. The molecule has 0 unspecified atom stereocenters. The van der Waals surface area contributed by atoms with Gasteiger partial charge in [0.25, 0.3) is 0 Å². The Morgan fingerprint density at radius 3 is 2.89 bits per heavy atom. The van der Waals surface area contributed by atoms with E-state index < -0.39 is 0 Å². The van der Waals surface area contributed by atoms with Gasteiger partial charge in [-0.2, -0.15) is 5.10 Å². The van der Waals surface area contributed by atoms with Gasteiger partial charge in [0.05, 0.1) is 6.20 Å². The maximum absolute atomic E-state index is 5.61. The number of aromatic amines is 1. The highest BCUT2D eigenvalue weighted by Crippen LogP contribution is 2.22. The van der Waals surface area contributed by atoms with Gasteiger partial charge in [-0.1, -0.05) is 0 Å². The maximum Gasteiger partial charge on any atom is 0.152 e. The number of furan rings is 1. The molecule has 98 valence electrons. The summed E-state index contributed by atoms with van der Waals surface area (Å²) < 4.78 is 5.61. The molecule has 0 aliphatic heterocycles. The molecule has 5 nitrogen and oxygen atoms in total. The largest absolute Gasteiger partial charge is 0.460 e. The van der Waals surface area contributed by atoms with Crippen LogP contribution in [0.15, 0.2) is 22.7 Å². The van der Waals surface area contributed by atoms with Gasteiger partial charge in [0, 0.05) is 25.2 Å². The zero-order valence-electron chi connectivity index (χ0n) is 11.2. The van der Waals surface area contributed by atoms with Crippen molar-refractivity contribution in [3.8, 4) is 11.5 Å². The van der Waals surface area contributed by atoms with Crippen molar-refractivity contribution in [2.45, 2.75) is 13.5 Å². The van der Waals surface area contributed by atoms with Crippen molar-refractivity contribution in [1.29, 1.82) is 0 Å². The van der Waals surface area contributed by atoms with Crippen molar-refractivity contribution < 1.29 is 4.42 Å². The summed E-state index contributed by atoms with van der Waals surface area (Å²) >= 11 is 0. The average molecular weight is 248 g/mol. The average Bonchev–Trinajstić information content (AvgIpc) is 2.92. The number of H-pyrrole nitrogens is 1. The summed E-state index contributed by atoms with van der Waals surface area (Å²) in [5, 5.41) is 10.5. The van der Waals surface area contributed by atoms with Gasteiger partial charge >= 0.3 is 0 Å². The summed E-state index contributed by atoms with van der Waals surface area (Å²) in [6.07, 6.45) is 1.84. The van der Waals surface area contributed by atoms with Crippen molar-refractivity contribution >= 4 is 0 Å². The van der Waals surface area contributed by atoms with Crippen LogP contribution in [0.3, 0.4) is 0 Å². The van der Waals surface area contributed by atoms with Crippen molar-refractivity contribution in [1.82, 2.24) is 20.4 Å². The third kappa shape index (κ3) is 3.21. The molecule has 2 aromatic rings. The Morgan fingerprint density at radius 1 is 1.39 bits per heavy atom. The molecule has 0 radical (unpaired) electrons. The predicted molar refractivity (Wildman–Crippen MR) is 71.3 cm³/mol. The summed E-state index contributed by atoms with van der Waals surface area (Å²) in [7, 11) is 4.13. The number of aryl methyl sites for hydroxylation is 1. The molecule has 5 heteroatoms. The van der Waals surface area contributed by atoms with Gasteiger partial charge in [-0.25, -0.2) is 0 Å². The monoisotopic (exact) mass is 248 g/mol. The van der Waals surface area contributed by atoms with E-state index in [4.69, 9.17) is 4.42 Å². The van der Waals surface area contributed by atoms with Gasteiger partial charge in [-0.15, -0.1) is 0 Å². The first kappa shape index (κ1) is 12.9. The number of aromatic nitrogens is 2. The molecule has 0 aliphatic carbocycles. The molecule has 0 saturated heterocycles. The molecular weight excluding hydrogens is 228 g/mol. The van der Waals surface area contributed by atoms with E-state index >= 15 is 0 Å². The highest BCUT2D eigenvalue weighted by atomic mass is 16.3. The van der Waals surface area contributed by atoms with E-state index in [-0.39, 0.29) is 0 Å². The molecule has 0 amide bonds. The molecular formula is C13H20N4O. The first-order valence-electron chi connectivity index (χ1n) is 6.11. The lowest BCUT2D eigenvalue weighted by Crippen LogP contribution is -2.26. The second kappa shape index (κ2) is 5.84. The highest BCUT2D eigenvalue weighted by molar-refractivity contribution is 5.56. The minimum Gasteiger partial charge on any atom is -0.460 e.